The van der Waals surface area contributed by atoms with Gasteiger partial charge < -0.3 is 10.2 Å². The minimum Gasteiger partial charge on any atom is -0.340 e. The molecule has 0 aromatic rings. The number of carbonyl (C=O) groups excluding carboxylic acids is 1. The Morgan fingerprint density at radius 2 is 1.76 bits per heavy atom. The molecule has 1 aliphatic heterocycles. The first-order chi connectivity index (χ1) is 7.88. The van der Waals surface area contributed by atoms with Crippen molar-refractivity contribution in [3.05, 3.63) is 0 Å². The van der Waals surface area contributed by atoms with Gasteiger partial charge in [-0.2, -0.15) is 0 Å². The van der Waals surface area contributed by atoms with Crippen LogP contribution < -0.4 is 5.32 Å². The van der Waals surface area contributed by atoms with Crippen molar-refractivity contribution in [1.29, 1.82) is 0 Å². The molecule has 1 amide bonds. The molecule has 0 radical (unpaired) electrons. The highest BCUT2D eigenvalue weighted by Gasteiger charge is 2.33. The number of rotatable bonds is 4. The summed E-state index contributed by atoms with van der Waals surface area (Å²) in [5.74, 6) is 0.273. The van der Waals surface area contributed by atoms with Crippen molar-refractivity contribution in [1.82, 2.24) is 15.1 Å². The Morgan fingerprint density at radius 3 is 2.18 bits per heavy atom. The Morgan fingerprint density at radius 1 is 1.24 bits per heavy atom. The van der Waals surface area contributed by atoms with E-state index >= 15 is 0 Å². The molecule has 0 aromatic heterocycles. The molecule has 1 N–H and O–H groups in total. The van der Waals surface area contributed by atoms with Gasteiger partial charge in [-0.1, -0.05) is 0 Å². The van der Waals surface area contributed by atoms with E-state index in [1.54, 1.807) is 0 Å². The molecule has 1 heterocycles. The van der Waals surface area contributed by atoms with Crippen LogP contribution in [0.2, 0.25) is 0 Å². The van der Waals surface area contributed by atoms with Crippen LogP contribution in [0, 0.1) is 5.41 Å². The number of nitrogens with zero attached hydrogens (tertiary/aromatic N) is 2. The second kappa shape index (κ2) is 5.83. The van der Waals surface area contributed by atoms with E-state index in [1.807, 2.05) is 25.8 Å². The van der Waals surface area contributed by atoms with E-state index in [2.05, 4.69) is 24.1 Å². The molecule has 1 rings (SSSR count). The predicted molar refractivity (Wildman–Crippen MR) is 71.0 cm³/mol. The van der Waals surface area contributed by atoms with Gasteiger partial charge in [0.25, 0.3) is 0 Å². The van der Waals surface area contributed by atoms with Crippen molar-refractivity contribution in [3.63, 3.8) is 0 Å². The van der Waals surface area contributed by atoms with Crippen molar-refractivity contribution in [2.24, 2.45) is 5.41 Å². The van der Waals surface area contributed by atoms with Gasteiger partial charge in [-0.3, -0.25) is 9.69 Å². The van der Waals surface area contributed by atoms with Gasteiger partial charge in [-0.05, 0) is 34.7 Å². The van der Waals surface area contributed by atoms with Crippen molar-refractivity contribution in [2.75, 3.05) is 39.8 Å². The average molecular weight is 241 g/mol. The van der Waals surface area contributed by atoms with E-state index in [9.17, 15) is 4.79 Å². The third kappa shape index (κ3) is 3.68. The maximum Gasteiger partial charge on any atom is 0.229 e. The molecular weight excluding hydrogens is 214 g/mol. The predicted octanol–water partition coefficient (Wildman–Crippen LogP) is 0.785. The summed E-state index contributed by atoms with van der Waals surface area (Å²) >= 11 is 0. The summed E-state index contributed by atoms with van der Waals surface area (Å²) in [4.78, 5) is 16.8. The molecular formula is C13H27N3O. The van der Waals surface area contributed by atoms with Gasteiger partial charge in [0.05, 0.1) is 5.41 Å². The molecule has 0 unspecified atom stereocenters. The van der Waals surface area contributed by atoms with Gasteiger partial charge >= 0.3 is 0 Å². The lowest BCUT2D eigenvalue weighted by atomic mass is 9.91. The number of hydrogen-bond donors (Lipinski definition) is 1. The second-order valence-electron chi connectivity index (χ2n) is 5.84. The lowest BCUT2D eigenvalue weighted by Crippen LogP contribution is -2.54. The number of amides is 1. The third-order valence-electron chi connectivity index (χ3n) is 3.53. The van der Waals surface area contributed by atoms with Crippen molar-refractivity contribution >= 4 is 5.91 Å². The van der Waals surface area contributed by atoms with Gasteiger partial charge in [0.15, 0.2) is 0 Å². The molecule has 17 heavy (non-hydrogen) atoms. The minimum absolute atomic E-state index is 0.273. The van der Waals surface area contributed by atoms with Crippen LogP contribution in [0.15, 0.2) is 0 Å². The Balaban J connectivity index is 2.51. The fourth-order valence-corrected chi connectivity index (χ4v) is 2.39. The molecule has 0 aromatic carbocycles. The topological polar surface area (TPSA) is 35.6 Å². The van der Waals surface area contributed by atoms with Crippen LogP contribution in [0.3, 0.4) is 0 Å². The number of hydrogen-bond acceptors (Lipinski definition) is 3. The van der Waals surface area contributed by atoms with E-state index in [0.717, 1.165) is 32.7 Å². The maximum atomic E-state index is 12.4. The number of nitrogens with one attached hydrogen (secondary N) is 1. The fourth-order valence-electron chi connectivity index (χ4n) is 2.39. The highest BCUT2D eigenvalue weighted by molar-refractivity contribution is 5.82. The Hall–Kier alpha value is -0.610. The molecule has 0 spiro atoms. The van der Waals surface area contributed by atoms with Gasteiger partial charge in [0.1, 0.15) is 0 Å². The van der Waals surface area contributed by atoms with E-state index in [4.69, 9.17) is 0 Å². The lowest BCUT2D eigenvalue weighted by Gasteiger charge is -2.40. The first-order valence-electron chi connectivity index (χ1n) is 6.56. The molecule has 0 atom stereocenters. The summed E-state index contributed by atoms with van der Waals surface area (Å²) in [7, 11) is 1.89. The largest absolute Gasteiger partial charge is 0.340 e. The maximum absolute atomic E-state index is 12.4. The van der Waals surface area contributed by atoms with Crippen LogP contribution in [0.25, 0.3) is 0 Å². The molecule has 4 heteroatoms. The highest BCUT2D eigenvalue weighted by Crippen LogP contribution is 2.19. The molecule has 1 aliphatic rings. The van der Waals surface area contributed by atoms with Crippen LogP contribution in [-0.4, -0.2) is 61.5 Å². The molecule has 0 aliphatic carbocycles. The molecule has 1 fully saturated rings. The molecule has 100 valence electrons. The van der Waals surface area contributed by atoms with Crippen molar-refractivity contribution in [3.8, 4) is 0 Å². The zero-order valence-electron chi connectivity index (χ0n) is 11.9. The van der Waals surface area contributed by atoms with E-state index in [1.165, 1.54) is 0 Å². The summed E-state index contributed by atoms with van der Waals surface area (Å²) < 4.78 is 0. The highest BCUT2D eigenvalue weighted by atomic mass is 16.2. The summed E-state index contributed by atoms with van der Waals surface area (Å²) in [6.07, 6.45) is 0. The van der Waals surface area contributed by atoms with Gasteiger partial charge in [0, 0.05) is 38.8 Å². The van der Waals surface area contributed by atoms with Crippen LogP contribution in [0.1, 0.15) is 27.7 Å². The first-order valence-corrected chi connectivity index (χ1v) is 6.56. The smallest absolute Gasteiger partial charge is 0.229 e. The Bertz CT molecular complexity index is 255. The Kier molecular flexibility index (Phi) is 4.95. The molecule has 0 saturated carbocycles. The first kappa shape index (κ1) is 14.5. The monoisotopic (exact) mass is 241 g/mol. The standard InChI is InChI=1S/C13H27N3O/c1-11(2)15-6-8-16(9-7-15)12(17)13(3,4)10-14-5/h11,14H,6-10H2,1-5H3. The van der Waals surface area contributed by atoms with Crippen LogP contribution >= 0.6 is 0 Å². The zero-order valence-corrected chi connectivity index (χ0v) is 11.9. The van der Waals surface area contributed by atoms with Gasteiger partial charge in [-0.25, -0.2) is 0 Å². The van der Waals surface area contributed by atoms with E-state index in [-0.39, 0.29) is 11.3 Å². The summed E-state index contributed by atoms with van der Waals surface area (Å²) in [6.45, 7) is 12.9. The van der Waals surface area contributed by atoms with Crippen LogP contribution in [0.5, 0.6) is 0 Å². The third-order valence-corrected chi connectivity index (χ3v) is 3.53. The minimum atomic E-state index is -0.297. The van der Waals surface area contributed by atoms with Gasteiger partial charge in [0.2, 0.25) is 5.91 Å². The van der Waals surface area contributed by atoms with Crippen molar-refractivity contribution < 1.29 is 4.79 Å². The molecule has 0 bridgehead atoms. The van der Waals surface area contributed by atoms with E-state index in [0.29, 0.717) is 6.04 Å². The second-order valence-corrected chi connectivity index (χ2v) is 5.84. The normalized spacial score (nSPS) is 18.8. The van der Waals surface area contributed by atoms with Crippen LogP contribution in [-0.2, 0) is 4.79 Å². The molecule has 4 nitrogen and oxygen atoms in total. The Labute approximate surface area is 105 Å². The molecule has 1 saturated heterocycles. The van der Waals surface area contributed by atoms with Gasteiger partial charge in [-0.15, -0.1) is 0 Å². The quantitative estimate of drug-likeness (QED) is 0.790. The summed E-state index contributed by atoms with van der Waals surface area (Å²) in [5, 5.41) is 3.10. The zero-order chi connectivity index (χ0) is 13.1. The fraction of sp³-hybridized carbons (Fsp3) is 0.923. The lowest BCUT2D eigenvalue weighted by molar-refractivity contribution is -0.142. The van der Waals surface area contributed by atoms with Crippen molar-refractivity contribution in [2.45, 2.75) is 33.7 Å². The van der Waals surface area contributed by atoms with Crippen LogP contribution in [0.4, 0.5) is 0 Å². The number of piperazine rings is 1. The average Bonchev–Trinajstić information content (AvgIpc) is 2.28. The van der Waals surface area contributed by atoms with E-state index < -0.39 is 0 Å². The summed E-state index contributed by atoms with van der Waals surface area (Å²) in [6, 6.07) is 0.581. The number of carbonyl (C=O) groups is 1. The SMILES string of the molecule is CNCC(C)(C)C(=O)N1CCN(C(C)C)CC1. The summed E-state index contributed by atoms with van der Waals surface area (Å²) in [5.41, 5.74) is -0.297.